The van der Waals surface area contributed by atoms with E-state index in [1.165, 1.54) is 24.0 Å². The fraction of sp³-hybridized carbons (Fsp3) is 0.529. The molecule has 1 aromatic carbocycles. The molecule has 8 nitrogen and oxygen atoms in total. The molecule has 1 aromatic rings. The molecule has 9 heteroatoms. The van der Waals surface area contributed by atoms with Gasteiger partial charge >= 0.3 is 0 Å². The first kappa shape index (κ1) is 22.1. The number of nitrogens with two attached hydrogens (primary N) is 1. The number of rotatable bonds is 10. The lowest BCUT2D eigenvalue weighted by Gasteiger charge is -2.20. The Balaban J connectivity index is 2.50. The lowest BCUT2D eigenvalue weighted by atomic mass is 10.1. The number of nitrogens with zero attached hydrogens (tertiary/aromatic N) is 2. The van der Waals surface area contributed by atoms with Crippen LogP contribution < -0.4 is 10.5 Å². The van der Waals surface area contributed by atoms with E-state index in [2.05, 4.69) is 5.32 Å². The second kappa shape index (κ2) is 10.2. The van der Waals surface area contributed by atoms with Crippen molar-refractivity contribution < 1.29 is 18.0 Å². The van der Waals surface area contributed by atoms with Crippen molar-refractivity contribution in [2.24, 2.45) is 5.14 Å². The maximum atomic E-state index is 12.0. The summed E-state index contributed by atoms with van der Waals surface area (Å²) in [7, 11) is 0.217. The predicted molar refractivity (Wildman–Crippen MR) is 100.0 cm³/mol. The Bertz CT molecular complexity index is 702. The number of primary sulfonamides is 1. The van der Waals surface area contributed by atoms with Crippen molar-refractivity contribution in [3.05, 3.63) is 29.8 Å². The summed E-state index contributed by atoms with van der Waals surface area (Å²) in [5.74, 6) is -0.377. The van der Waals surface area contributed by atoms with E-state index in [1.54, 1.807) is 12.1 Å². The van der Waals surface area contributed by atoms with Gasteiger partial charge in [-0.3, -0.25) is 9.59 Å². The average molecular weight is 385 g/mol. The van der Waals surface area contributed by atoms with E-state index in [4.69, 9.17) is 5.14 Å². The zero-order valence-corrected chi connectivity index (χ0v) is 16.4. The molecule has 0 atom stereocenters. The van der Waals surface area contributed by atoms with Gasteiger partial charge in [0.05, 0.1) is 11.4 Å². The summed E-state index contributed by atoms with van der Waals surface area (Å²) in [6.45, 7) is 3.24. The van der Waals surface area contributed by atoms with Crippen LogP contribution >= 0.6 is 0 Å². The molecule has 0 aliphatic rings. The normalized spacial score (nSPS) is 11.4. The summed E-state index contributed by atoms with van der Waals surface area (Å²) < 4.78 is 22.5. The highest BCUT2D eigenvalue weighted by Crippen LogP contribution is 2.09. The van der Waals surface area contributed by atoms with Gasteiger partial charge in [0.2, 0.25) is 21.8 Å². The molecule has 0 aliphatic heterocycles. The third-order valence-corrected chi connectivity index (χ3v) is 4.74. The lowest BCUT2D eigenvalue weighted by molar-refractivity contribution is -0.134. The maximum Gasteiger partial charge on any atom is 0.239 e. The highest BCUT2D eigenvalue weighted by atomic mass is 32.2. The van der Waals surface area contributed by atoms with Crippen LogP contribution in [0.5, 0.6) is 0 Å². The Hall–Kier alpha value is -1.97. The van der Waals surface area contributed by atoms with Crippen LogP contribution in [-0.2, 0) is 26.0 Å². The molecule has 0 heterocycles. The number of hydrogen-bond acceptors (Lipinski definition) is 5. The van der Waals surface area contributed by atoms with Crippen LogP contribution in [0.3, 0.4) is 0 Å². The van der Waals surface area contributed by atoms with Crippen LogP contribution in [0.15, 0.2) is 29.2 Å². The topological polar surface area (TPSA) is 113 Å². The van der Waals surface area contributed by atoms with Crippen LogP contribution in [0.25, 0.3) is 0 Å². The molecule has 0 aromatic heterocycles. The summed E-state index contributed by atoms with van der Waals surface area (Å²) in [6.07, 6.45) is 1.35. The Morgan fingerprint density at radius 3 is 2.23 bits per heavy atom. The van der Waals surface area contributed by atoms with Crippen LogP contribution in [0.4, 0.5) is 0 Å². The first-order valence-corrected chi connectivity index (χ1v) is 9.93. The van der Waals surface area contributed by atoms with Crippen molar-refractivity contribution in [1.29, 1.82) is 0 Å². The molecule has 1 rings (SSSR count). The minimum Gasteiger partial charge on any atom is -0.355 e. The Morgan fingerprint density at radius 2 is 1.73 bits per heavy atom. The first-order valence-electron chi connectivity index (χ1n) is 8.38. The van der Waals surface area contributed by atoms with Crippen molar-refractivity contribution in [3.8, 4) is 0 Å². The van der Waals surface area contributed by atoms with Crippen LogP contribution in [0, 0.1) is 0 Å². The van der Waals surface area contributed by atoms with Crippen LogP contribution in [0.2, 0.25) is 0 Å². The highest BCUT2D eigenvalue weighted by Gasteiger charge is 2.14. The largest absolute Gasteiger partial charge is 0.355 e. The number of nitrogens with one attached hydrogen (secondary N) is 1. The van der Waals surface area contributed by atoms with E-state index >= 15 is 0 Å². The van der Waals surface area contributed by atoms with Gasteiger partial charge in [0.15, 0.2) is 0 Å². The number of hydrogen-bond donors (Lipinski definition) is 2. The molecule has 0 bridgehead atoms. The van der Waals surface area contributed by atoms with E-state index in [1.807, 2.05) is 19.0 Å². The third-order valence-electron chi connectivity index (χ3n) is 3.81. The average Bonchev–Trinajstić information content (AvgIpc) is 2.54. The van der Waals surface area contributed by atoms with Crippen molar-refractivity contribution in [2.45, 2.75) is 24.7 Å². The molecular formula is C17H28N4O4S. The lowest BCUT2D eigenvalue weighted by Crippen LogP contribution is -2.41. The van der Waals surface area contributed by atoms with Gasteiger partial charge in [-0.15, -0.1) is 0 Å². The monoisotopic (exact) mass is 384 g/mol. The van der Waals surface area contributed by atoms with E-state index in [0.717, 1.165) is 18.5 Å². The van der Waals surface area contributed by atoms with Gasteiger partial charge in [-0.1, -0.05) is 12.1 Å². The zero-order chi connectivity index (χ0) is 19.7. The number of sulfonamides is 1. The Morgan fingerprint density at radius 1 is 1.12 bits per heavy atom. The highest BCUT2D eigenvalue weighted by molar-refractivity contribution is 7.89. The summed E-state index contributed by atoms with van der Waals surface area (Å²) >= 11 is 0. The molecule has 0 saturated carbocycles. The van der Waals surface area contributed by atoms with Gasteiger partial charge in [0, 0.05) is 20.0 Å². The number of carbonyl (C=O) groups is 2. The predicted octanol–water partition coefficient (Wildman–Crippen LogP) is -0.207. The molecule has 26 heavy (non-hydrogen) atoms. The summed E-state index contributed by atoms with van der Waals surface area (Å²) in [5.41, 5.74) is 0.857. The molecule has 0 radical (unpaired) electrons. The molecular weight excluding hydrogens is 356 g/mol. The zero-order valence-electron chi connectivity index (χ0n) is 15.6. The van der Waals surface area contributed by atoms with E-state index in [-0.39, 0.29) is 23.3 Å². The minimum absolute atomic E-state index is 0.00651. The molecule has 0 saturated heterocycles. The number of carbonyl (C=O) groups excluding carboxylic acids is 2. The Labute approximate surface area is 155 Å². The molecule has 0 unspecified atom stereocenters. The fourth-order valence-electron chi connectivity index (χ4n) is 2.31. The summed E-state index contributed by atoms with van der Waals surface area (Å²) in [5, 5.41) is 7.87. The summed E-state index contributed by atoms with van der Waals surface area (Å²) in [6, 6.07) is 6.17. The molecule has 3 N–H and O–H groups in total. The number of benzene rings is 1. The van der Waals surface area contributed by atoms with E-state index in [9.17, 15) is 18.0 Å². The van der Waals surface area contributed by atoms with Crippen LogP contribution in [-0.4, -0.2) is 70.3 Å². The van der Waals surface area contributed by atoms with Gasteiger partial charge in [0.1, 0.15) is 0 Å². The second-order valence-corrected chi connectivity index (χ2v) is 7.95. The molecule has 0 spiro atoms. The maximum absolute atomic E-state index is 12.0. The molecule has 0 fully saturated rings. The summed E-state index contributed by atoms with van der Waals surface area (Å²) in [4.78, 5) is 27.3. The van der Waals surface area contributed by atoms with Crippen molar-refractivity contribution in [3.63, 3.8) is 0 Å². The van der Waals surface area contributed by atoms with E-state index in [0.29, 0.717) is 19.5 Å². The third kappa shape index (κ3) is 8.41. The molecule has 0 aliphatic carbocycles. The molecule has 146 valence electrons. The van der Waals surface area contributed by atoms with Crippen molar-refractivity contribution >= 4 is 21.8 Å². The second-order valence-electron chi connectivity index (χ2n) is 6.39. The van der Waals surface area contributed by atoms with Crippen molar-refractivity contribution in [1.82, 2.24) is 15.1 Å². The quantitative estimate of drug-likeness (QED) is 0.542. The van der Waals surface area contributed by atoms with Gasteiger partial charge in [-0.05, 0) is 51.2 Å². The van der Waals surface area contributed by atoms with Gasteiger partial charge in [-0.25, -0.2) is 13.6 Å². The van der Waals surface area contributed by atoms with Gasteiger partial charge < -0.3 is 15.1 Å². The first-order chi connectivity index (χ1) is 12.1. The molecule has 2 amide bonds. The van der Waals surface area contributed by atoms with Crippen LogP contribution in [0.1, 0.15) is 18.9 Å². The Kier molecular flexibility index (Phi) is 8.70. The van der Waals surface area contributed by atoms with Crippen molar-refractivity contribution in [2.75, 3.05) is 40.3 Å². The number of amides is 2. The van der Waals surface area contributed by atoms with Gasteiger partial charge in [0.25, 0.3) is 0 Å². The van der Waals surface area contributed by atoms with E-state index < -0.39 is 10.0 Å². The minimum atomic E-state index is -3.72. The SMILES string of the molecule is CC(=O)N(CCc1ccc(S(N)(=O)=O)cc1)CC(=O)NCCCN(C)C. The van der Waals surface area contributed by atoms with Gasteiger partial charge in [-0.2, -0.15) is 0 Å². The standard InChI is InChI=1S/C17H28N4O4S/c1-14(22)21(13-17(23)19-10-4-11-20(2)3)12-9-15-5-7-16(8-6-15)26(18,24)25/h5-8H,4,9-13H2,1-3H3,(H,19,23)(H2,18,24,25). The smallest absolute Gasteiger partial charge is 0.239 e. The fourth-order valence-corrected chi connectivity index (χ4v) is 2.83.